The van der Waals surface area contributed by atoms with Crippen LogP contribution in [0.2, 0.25) is 0 Å². The molecule has 2 aliphatic heterocycles. The van der Waals surface area contributed by atoms with Crippen LogP contribution in [0.25, 0.3) is 20.8 Å². The minimum atomic E-state index is -0.158. The van der Waals surface area contributed by atoms with E-state index in [2.05, 4.69) is 20.5 Å². The largest absolute Gasteiger partial charge is 0.378 e. The van der Waals surface area contributed by atoms with Gasteiger partial charge in [0.05, 0.1) is 23.4 Å². The van der Waals surface area contributed by atoms with Gasteiger partial charge < -0.3 is 20.3 Å². The van der Waals surface area contributed by atoms with Gasteiger partial charge in [0.25, 0.3) is 5.56 Å². The van der Waals surface area contributed by atoms with Crippen LogP contribution in [0.15, 0.2) is 29.1 Å². The van der Waals surface area contributed by atoms with Crippen LogP contribution in [-0.4, -0.2) is 60.4 Å². The first-order chi connectivity index (χ1) is 14.8. The van der Waals surface area contributed by atoms with Gasteiger partial charge in [0.2, 0.25) is 5.95 Å². The van der Waals surface area contributed by atoms with E-state index >= 15 is 0 Å². The van der Waals surface area contributed by atoms with Crippen LogP contribution in [0.3, 0.4) is 0 Å². The number of rotatable bonds is 4. The third kappa shape index (κ3) is 4.85. The molecule has 0 aliphatic carbocycles. The number of hydrogen-bond acceptors (Lipinski definition) is 8. The number of ether oxygens (including phenoxy) is 1. The molecule has 0 amide bonds. The number of fused-ring (bicyclic) bond motifs is 1. The molecular formula is C21H27ClN6O2S. The Kier molecular flexibility index (Phi) is 7.06. The molecule has 1 atom stereocenters. The molecular weight excluding hydrogens is 436 g/mol. The Hall–Kier alpha value is -2.20. The zero-order valence-electron chi connectivity index (χ0n) is 17.2. The number of halogens is 1. The van der Waals surface area contributed by atoms with E-state index in [1.165, 1.54) is 17.8 Å². The van der Waals surface area contributed by atoms with Gasteiger partial charge in [-0.2, -0.15) is 4.98 Å². The molecule has 3 N–H and O–H groups in total. The zero-order chi connectivity index (χ0) is 20.3. The Labute approximate surface area is 190 Å². The van der Waals surface area contributed by atoms with Crippen molar-refractivity contribution in [2.75, 3.05) is 49.6 Å². The van der Waals surface area contributed by atoms with Crippen LogP contribution in [0, 0.1) is 0 Å². The second kappa shape index (κ2) is 9.95. The second-order valence-electron chi connectivity index (χ2n) is 7.74. The highest BCUT2D eigenvalue weighted by atomic mass is 35.5. The van der Waals surface area contributed by atoms with Gasteiger partial charge >= 0.3 is 0 Å². The molecule has 2 saturated heterocycles. The highest BCUT2D eigenvalue weighted by molar-refractivity contribution is 7.21. The normalized spacial score (nSPS) is 19.6. The van der Waals surface area contributed by atoms with E-state index in [4.69, 9.17) is 14.7 Å². The van der Waals surface area contributed by atoms with Crippen molar-refractivity contribution in [3.05, 3.63) is 34.6 Å². The minimum Gasteiger partial charge on any atom is -0.378 e. The predicted molar refractivity (Wildman–Crippen MR) is 128 cm³/mol. The standard InChI is InChI=1S/C21H26N6O2S.ClH/c28-19-17(20-24-15-6-1-2-7-16(15)30-20)18(23-14-5-3-4-8-22-13-14)25-21(26-19)27-9-11-29-12-10-27;/h1-2,6-7,14,22H,3-5,8-13H2,(H2,23,25,26,28);1H/t14-;/m1./s1. The lowest BCUT2D eigenvalue weighted by atomic mass is 10.1. The summed E-state index contributed by atoms with van der Waals surface area (Å²) in [5.41, 5.74) is 1.27. The summed E-state index contributed by atoms with van der Waals surface area (Å²) in [5.74, 6) is 1.21. The van der Waals surface area contributed by atoms with Crippen LogP contribution in [0.4, 0.5) is 11.8 Å². The topological polar surface area (TPSA) is 95.2 Å². The molecule has 0 radical (unpaired) electrons. The number of aromatic amines is 1. The molecule has 0 bridgehead atoms. The van der Waals surface area contributed by atoms with E-state index in [0.717, 1.165) is 36.1 Å². The molecule has 31 heavy (non-hydrogen) atoms. The number of hydrogen-bond donors (Lipinski definition) is 3. The minimum absolute atomic E-state index is 0. The SMILES string of the molecule is Cl.O=c1[nH]c(N2CCOCC2)nc(N[C@@H]2CCCCNC2)c1-c1nc2ccccc2s1. The summed E-state index contributed by atoms with van der Waals surface area (Å²) in [5, 5.41) is 7.74. The molecule has 1 aromatic carbocycles. The van der Waals surface area contributed by atoms with Gasteiger partial charge in [-0.05, 0) is 31.5 Å². The highest BCUT2D eigenvalue weighted by Gasteiger charge is 2.23. The van der Waals surface area contributed by atoms with Gasteiger partial charge in [0.15, 0.2) is 0 Å². The predicted octanol–water partition coefficient (Wildman–Crippen LogP) is 2.86. The lowest BCUT2D eigenvalue weighted by Gasteiger charge is -2.28. The van der Waals surface area contributed by atoms with Gasteiger partial charge in [-0.3, -0.25) is 9.78 Å². The number of thiazole rings is 1. The van der Waals surface area contributed by atoms with E-state index in [9.17, 15) is 4.79 Å². The van der Waals surface area contributed by atoms with E-state index in [-0.39, 0.29) is 24.0 Å². The van der Waals surface area contributed by atoms with Gasteiger partial charge in [0.1, 0.15) is 16.4 Å². The molecule has 0 spiro atoms. The maximum absolute atomic E-state index is 13.2. The van der Waals surface area contributed by atoms with Gasteiger partial charge in [0, 0.05) is 25.7 Å². The number of para-hydroxylation sites is 1. The number of aromatic nitrogens is 3. The van der Waals surface area contributed by atoms with Crippen molar-refractivity contribution in [2.24, 2.45) is 0 Å². The molecule has 2 aliphatic rings. The molecule has 4 heterocycles. The Morgan fingerprint density at radius 3 is 2.84 bits per heavy atom. The summed E-state index contributed by atoms with van der Waals surface area (Å²) in [6, 6.07) is 8.19. The lowest BCUT2D eigenvalue weighted by molar-refractivity contribution is 0.122. The zero-order valence-corrected chi connectivity index (χ0v) is 18.9. The molecule has 3 aromatic rings. The van der Waals surface area contributed by atoms with Crippen LogP contribution < -0.4 is 21.1 Å². The third-order valence-corrected chi connectivity index (χ3v) is 6.67. The number of H-pyrrole nitrogens is 1. The first kappa shape index (κ1) is 22.0. The Morgan fingerprint density at radius 2 is 2.00 bits per heavy atom. The summed E-state index contributed by atoms with van der Waals surface area (Å²) in [6.45, 7) is 4.60. The van der Waals surface area contributed by atoms with Crippen molar-refractivity contribution < 1.29 is 4.74 Å². The van der Waals surface area contributed by atoms with E-state index in [1.807, 2.05) is 24.3 Å². The number of nitrogens with one attached hydrogen (secondary N) is 3. The van der Waals surface area contributed by atoms with Gasteiger partial charge in [-0.25, -0.2) is 4.98 Å². The fraction of sp³-hybridized carbons (Fsp3) is 0.476. The van der Waals surface area contributed by atoms with E-state index in [0.29, 0.717) is 48.6 Å². The lowest BCUT2D eigenvalue weighted by Crippen LogP contribution is -2.39. The van der Waals surface area contributed by atoms with Gasteiger partial charge in [-0.1, -0.05) is 18.6 Å². The van der Waals surface area contributed by atoms with E-state index < -0.39 is 0 Å². The fourth-order valence-electron chi connectivity index (χ4n) is 4.00. The number of anilines is 2. The maximum Gasteiger partial charge on any atom is 0.264 e. The number of nitrogens with zero attached hydrogens (tertiary/aromatic N) is 3. The Bertz CT molecular complexity index is 1040. The van der Waals surface area contributed by atoms with Crippen LogP contribution in [0.5, 0.6) is 0 Å². The van der Waals surface area contributed by atoms with Gasteiger partial charge in [-0.15, -0.1) is 23.7 Å². The molecule has 5 rings (SSSR count). The van der Waals surface area contributed by atoms with Crippen molar-refractivity contribution in [3.8, 4) is 10.6 Å². The van der Waals surface area contributed by atoms with Crippen molar-refractivity contribution in [3.63, 3.8) is 0 Å². The van der Waals surface area contributed by atoms with E-state index in [1.54, 1.807) is 0 Å². The number of benzene rings is 1. The molecule has 2 fully saturated rings. The summed E-state index contributed by atoms with van der Waals surface area (Å²) < 4.78 is 6.51. The quantitative estimate of drug-likeness (QED) is 0.548. The highest BCUT2D eigenvalue weighted by Crippen LogP contribution is 2.32. The van der Waals surface area contributed by atoms with Crippen LogP contribution in [-0.2, 0) is 4.74 Å². The number of morpholine rings is 1. The van der Waals surface area contributed by atoms with Crippen molar-refractivity contribution in [2.45, 2.75) is 25.3 Å². The molecule has 0 unspecified atom stereocenters. The van der Waals surface area contributed by atoms with Crippen molar-refractivity contribution >= 4 is 45.7 Å². The molecule has 166 valence electrons. The molecule has 8 nitrogen and oxygen atoms in total. The first-order valence-corrected chi connectivity index (χ1v) is 11.4. The smallest absolute Gasteiger partial charge is 0.264 e. The Balaban J connectivity index is 0.00000231. The summed E-state index contributed by atoms with van der Waals surface area (Å²) in [7, 11) is 0. The molecule has 10 heteroatoms. The van der Waals surface area contributed by atoms with Crippen molar-refractivity contribution in [1.82, 2.24) is 20.3 Å². The monoisotopic (exact) mass is 462 g/mol. The summed E-state index contributed by atoms with van der Waals surface area (Å²) in [4.78, 5) is 27.9. The third-order valence-electron chi connectivity index (χ3n) is 5.61. The molecule has 2 aromatic heterocycles. The average Bonchev–Trinajstić information content (AvgIpc) is 3.02. The summed E-state index contributed by atoms with van der Waals surface area (Å²) >= 11 is 1.53. The van der Waals surface area contributed by atoms with Crippen molar-refractivity contribution in [1.29, 1.82) is 0 Å². The second-order valence-corrected chi connectivity index (χ2v) is 8.77. The van der Waals surface area contributed by atoms with Crippen LogP contribution >= 0.6 is 23.7 Å². The Morgan fingerprint density at radius 1 is 1.16 bits per heavy atom. The molecule has 0 saturated carbocycles. The summed E-state index contributed by atoms with van der Waals surface area (Å²) in [6.07, 6.45) is 3.37. The average molecular weight is 463 g/mol. The van der Waals surface area contributed by atoms with Crippen LogP contribution in [0.1, 0.15) is 19.3 Å². The fourth-order valence-corrected chi connectivity index (χ4v) is 5.01. The first-order valence-electron chi connectivity index (χ1n) is 10.6. The maximum atomic E-state index is 13.2.